The van der Waals surface area contributed by atoms with Crippen molar-refractivity contribution in [3.63, 3.8) is 0 Å². The summed E-state index contributed by atoms with van der Waals surface area (Å²) >= 11 is 0. The van der Waals surface area contributed by atoms with Crippen molar-refractivity contribution in [2.45, 2.75) is 6.92 Å². The number of aromatic nitrogens is 1. The second-order valence-electron chi connectivity index (χ2n) is 5.34. The van der Waals surface area contributed by atoms with Crippen LogP contribution in [0.1, 0.15) is 17.3 Å². The van der Waals surface area contributed by atoms with Gasteiger partial charge in [0.25, 0.3) is 5.56 Å². The number of nitrogens with one attached hydrogen (secondary N) is 1. The summed E-state index contributed by atoms with van der Waals surface area (Å²) in [7, 11) is 1.65. The first kappa shape index (κ1) is 15.8. The van der Waals surface area contributed by atoms with E-state index in [0.717, 1.165) is 16.6 Å². The Morgan fingerprint density at radius 1 is 1.08 bits per heavy atom. The Hall–Kier alpha value is -3.08. The van der Waals surface area contributed by atoms with E-state index in [4.69, 9.17) is 4.74 Å². The number of anilines is 2. The molecule has 1 heterocycles. The summed E-state index contributed by atoms with van der Waals surface area (Å²) in [4.78, 5) is 25.1. The van der Waals surface area contributed by atoms with E-state index in [1.807, 2.05) is 54.6 Å². The topological polar surface area (TPSA) is 60.3 Å². The van der Waals surface area contributed by atoms with E-state index in [1.165, 1.54) is 4.57 Å². The van der Waals surface area contributed by atoms with Crippen LogP contribution < -0.4 is 10.9 Å². The first-order valence-electron chi connectivity index (χ1n) is 7.74. The predicted molar refractivity (Wildman–Crippen MR) is 94.9 cm³/mol. The van der Waals surface area contributed by atoms with Gasteiger partial charge >= 0.3 is 5.97 Å². The third kappa shape index (κ3) is 2.76. The summed E-state index contributed by atoms with van der Waals surface area (Å²) in [6.45, 7) is 1.92. The maximum absolute atomic E-state index is 12.7. The minimum Gasteiger partial charge on any atom is -0.462 e. The summed E-state index contributed by atoms with van der Waals surface area (Å²) in [6.07, 6.45) is 0. The molecule has 0 aliphatic carbocycles. The van der Waals surface area contributed by atoms with Crippen molar-refractivity contribution in [2.24, 2.45) is 7.05 Å². The quantitative estimate of drug-likeness (QED) is 0.747. The van der Waals surface area contributed by atoms with Crippen molar-refractivity contribution < 1.29 is 9.53 Å². The van der Waals surface area contributed by atoms with E-state index in [0.29, 0.717) is 5.69 Å². The van der Waals surface area contributed by atoms with Crippen LogP contribution in [0.25, 0.3) is 10.9 Å². The van der Waals surface area contributed by atoms with Crippen molar-refractivity contribution in [1.82, 2.24) is 4.57 Å². The van der Waals surface area contributed by atoms with Crippen LogP contribution >= 0.6 is 0 Å². The highest BCUT2D eigenvalue weighted by Gasteiger charge is 2.22. The molecule has 1 aromatic heterocycles. The van der Waals surface area contributed by atoms with Crippen LogP contribution in [0.2, 0.25) is 0 Å². The summed E-state index contributed by atoms with van der Waals surface area (Å²) in [5.74, 6) is -0.623. The normalized spacial score (nSPS) is 10.6. The maximum atomic E-state index is 12.7. The third-order valence-corrected chi connectivity index (χ3v) is 3.83. The summed E-state index contributed by atoms with van der Waals surface area (Å²) in [5, 5.41) is 3.99. The van der Waals surface area contributed by atoms with Crippen LogP contribution in [0.3, 0.4) is 0 Å². The van der Waals surface area contributed by atoms with Crippen LogP contribution in [0.5, 0.6) is 0 Å². The third-order valence-electron chi connectivity index (χ3n) is 3.83. The number of benzene rings is 2. The first-order valence-corrected chi connectivity index (χ1v) is 7.74. The van der Waals surface area contributed by atoms with Crippen LogP contribution in [-0.4, -0.2) is 17.1 Å². The summed E-state index contributed by atoms with van der Waals surface area (Å²) < 4.78 is 6.57. The van der Waals surface area contributed by atoms with E-state index in [1.54, 1.807) is 14.0 Å². The van der Waals surface area contributed by atoms with Gasteiger partial charge in [-0.1, -0.05) is 36.4 Å². The van der Waals surface area contributed by atoms with Gasteiger partial charge in [0.15, 0.2) is 0 Å². The minimum absolute atomic E-state index is 0.0157. The number of nitrogens with zero attached hydrogens (tertiary/aromatic N) is 1. The molecule has 2 aromatic carbocycles. The van der Waals surface area contributed by atoms with Gasteiger partial charge in [0, 0.05) is 18.1 Å². The Bertz CT molecular complexity index is 946. The lowest BCUT2D eigenvalue weighted by Gasteiger charge is -2.16. The molecule has 0 saturated carbocycles. The zero-order valence-electron chi connectivity index (χ0n) is 13.6. The van der Waals surface area contributed by atoms with Gasteiger partial charge in [-0.15, -0.1) is 0 Å². The Kier molecular flexibility index (Phi) is 4.33. The summed E-state index contributed by atoms with van der Waals surface area (Å²) in [5.41, 5.74) is 1.64. The number of ether oxygens (including phenoxy) is 1. The van der Waals surface area contributed by atoms with Crippen LogP contribution in [0.15, 0.2) is 59.4 Å². The average molecular weight is 322 g/mol. The zero-order chi connectivity index (χ0) is 17.1. The molecule has 3 rings (SSSR count). The van der Waals surface area contributed by atoms with Crippen molar-refractivity contribution in [1.29, 1.82) is 0 Å². The van der Waals surface area contributed by atoms with Gasteiger partial charge in [-0.25, -0.2) is 4.79 Å². The fourth-order valence-corrected chi connectivity index (χ4v) is 2.68. The van der Waals surface area contributed by atoms with Gasteiger partial charge in [0.05, 0.1) is 17.8 Å². The average Bonchev–Trinajstić information content (AvgIpc) is 2.60. The molecule has 0 bridgehead atoms. The molecule has 3 aromatic rings. The fourth-order valence-electron chi connectivity index (χ4n) is 2.68. The number of hydrogen-bond acceptors (Lipinski definition) is 4. The highest BCUT2D eigenvalue weighted by atomic mass is 16.5. The monoisotopic (exact) mass is 322 g/mol. The van der Waals surface area contributed by atoms with Crippen molar-refractivity contribution >= 4 is 28.2 Å². The number of hydrogen-bond donors (Lipinski definition) is 1. The molecule has 0 saturated heterocycles. The van der Waals surface area contributed by atoms with Crippen molar-refractivity contribution in [3.05, 3.63) is 70.5 Å². The molecule has 0 amide bonds. The second-order valence-corrected chi connectivity index (χ2v) is 5.34. The van der Waals surface area contributed by atoms with Crippen LogP contribution in [0.4, 0.5) is 11.4 Å². The largest absolute Gasteiger partial charge is 0.462 e. The molecule has 0 spiro atoms. The smallest absolute Gasteiger partial charge is 0.345 e. The molecule has 5 heteroatoms. The number of esters is 1. The highest BCUT2D eigenvalue weighted by molar-refractivity contribution is 6.06. The molecule has 24 heavy (non-hydrogen) atoms. The molecule has 1 N–H and O–H groups in total. The lowest BCUT2D eigenvalue weighted by Crippen LogP contribution is -2.27. The number of pyridine rings is 1. The maximum Gasteiger partial charge on any atom is 0.345 e. The number of aryl methyl sites for hydroxylation is 1. The molecule has 0 unspecified atom stereocenters. The van der Waals surface area contributed by atoms with E-state index in [9.17, 15) is 9.59 Å². The minimum atomic E-state index is -0.623. The van der Waals surface area contributed by atoms with Crippen LogP contribution in [0, 0.1) is 0 Å². The number of para-hydroxylation sites is 2. The van der Waals surface area contributed by atoms with Gasteiger partial charge in [-0.3, -0.25) is 4.79 Å². The Labute approximate surface area is 139 Å². The van der Waals surface area contributed by atoms with Crippen molar-refractivity contribution in [3.8, 4) is 0 Å². The van der Waals surface area contributed by atoms with E-state index >= 15 is 0 Å². The number of carbonyl (C=O) groups is 1. The van der Waals surface area contributed by atoms with E-state index in [-0.39, 0.29) is 17.7 Å². The molecule has 5 nitrogen and oxygen atoms in total. The molecule has 0 atom stereocenters. The van der Waals surface area contributed by atoms with Gasteiger partial charge < -0.3 is 14.6 Å². The van der Waals surface area contributed by atoms with Gasteiger partial charge in [0.1, 0.15) is 5.56 Å². The van der Waals surface area contributed by atoms with Crippen LogP contribution in [-0.2, 0) is 11.8 Å². The SMILES string of the molecule is CCOC(=O)c1c(Nc2ccccc2)c2ccccc2n(C)c1=O. The number of rotatable bonds is 4. The van der Waals surface area contributed by atoms with E-state index in [2.05, 4.69) is 5.32 Å². The lowest BCUT2D eigenvalue weighted by atomic mass is 10.1. The van der Waals surface area contributed by atoms with E-state index < -0.39 is 5.97 Å². The highest BCUT2D eigenvalue weighted by Crippen LogP contribution is 2.28. The number of fused-ring (bicyclic) bond motifs is 1. The fraction of sp³-hybridized carbons (Fsp3) is 0.158. The Balaban J connectivity index is 2.30. The Morgan fingerprint density at radius 3 is 2.46 bits per heavy atom. The molecule has 0 radical (unpaired) electrons. The summed E-state index contributed by atoms with van der Waals surface area (Å²) in [6, 6.07) is 16.9. The standard InChI is InChI=1S/C19H18N2O3/c1-3-24-19(23)16-17(20-13-9-5-4-6-10-13)14-11-7-8-12-15(14)21(2)18(16)22/h4-12,20H,3H2,1-2H3. The van der Waals surface area contributed by atoms with Gasteiger partial charge in [-0.05, 0) is 25.1 Å². The zero-order valence-corrected chi connectivity index (χ0v) is 13.6. The molecule has 0 aliphatic rings. The molecular weight excluding hydrogens is 304 g/mol. The predicted octanol–water partition coefficient (Wildman–Crippen LogP) is 3.46. The molecular formula is C19H18N2O3. The van der Waals surface area contributed by atoms with Crippen molar-refractivity contribution in [2.75, 3.05) is 11.9 Å². The molecule has 0 fully saturated rings. The second kappa shape index (κ2) is 6.58. The van der Waals surface area contributed by atoms with Gasteiger partial charge in [-0.2, -0.15) is 0 Å². The molecule has 122 valence electrons. The molecule has 0 aliphatic heterocycles. The first-order chi connectivity index (χ1) is 11.6. The Morgan fingerprint density at radius 2 is 1.75 bits per heavy atom. The lowest BCUT2D eigenvalue weighted by molar-refractivity contribution is 0.0525. The van der Waals surface area contributed by atoms with Gasteiger partial charge in [0.2, 0.25) is 0 Å². The number of carbonyl (C=O) groups excluding carboxylic acids is 1.